The van der Waals surface area contributed by atoms with Crippen molar-refractivity contribution in [3.8, 4) is 0 Å². The topological polar surface area (TPSA) is 63.4 Å². The third-order valence-electron chi connectivity index (χ3n) is 4.69. The first kappa shape index (κ1) is 18.3. The Morgan fingerprint density at radius 3 is 2.85 bits per heavy atom. The molecule has 4 rings (SSSR count). The van der Waals surface area contributed by atoms with Crippen LogP contribution in [0.5, 0.6) is 0 Å². The quantitative estimate of drug-likeness (QED) is 0.654. The van der Waals surface area contributed by atoms with Crippen molar-refractivity contribution >= 4 is 35.0 Å². The fourth-order valence-electron chi connectivity index (χ4n) is 3.36. The average Bonchev–Trinajstić information content (AvgIpc) is 2.92. The second kappa shape index (κ2) is 7.48. The molecule has 1 amide bonds. The summed E-state index contributed by atoms with van der Waals surface area (Å²) >= 11 is 8.20. The molecule has 1 atom stereocenters. The summed E-state index contributed by atoms with van der Waals surface area (Å²) < 4.78 is 1.62. The predicted octanol–water partition coefficient (Wildman–Crippen LogP) is 3.71. The molecule has 140 valence electrons. The SMILES string of the molecule is Cc1cc(C)n2nc(C(=O)N3CCSC(c4ccccc4Cl)CC3)nc2n1. The number of hydrogen-bond donors (Lipinski definition) is 0. The molecule has 0 N–H and O–H groups in total. The summed E-state index contributed by atoms with van der Waals surface area (Å²) in [7, 11) is 0. The van der Waals surface area contributed by atoms with Gasteiger partial charge in [-0.25, -0.2) is 9.50 Å². The molecule has 2 aromatic heterocycles. The maximum absolute atomic E-state index is 13.0. The summed E-state index contributed by atoms with van der Waals surface area (Å²) in [5.74, 6) is 1.38. The van der Waals surface area contributed by atoms with Gasteiger partial charge in [-0.2, -0.15) is 16.7 Å². The number of benzene rings is 1. The zero-order valence-corrected chi connectivity index (χ0v) is 16.8. The molecule has 8 heteroatoms. The van der Waals surface area contributed by atoms with Gasteiger partial charge in [0, 0.05) is 40.5 Å². The van der Waals surface area contributed by atoms with Crippen LogP contribution < -0.4 is 0 Å². The van der Waals surface area contributed by atoms with E-state index >= 15 is 0 Å². The number of amides is 1. The molecule has 1 fully saturated rings. The van der Waals surface area contributed by atoms with Gasteiger partial charge in [0.2, 0.25) is 5.82 Å². The molecule has 0 aliphatic carbocycles. The molecule has 1 aliphatic rings. The molecule has 0 bridgehead atoms. The highest BCUT2D eigenvalue weighted by Crippen LogP contribution is 2.37. The molecule has 1 aliphatic heterocycles. The lowest BCUT2D eigenvalue weighted by Gasteiger charge is -2.18. The second-order valence-electron chi connectivity index (χ2n) is 6.65. The van der Waals surface area contributed by atoms with Gasteiger partial charge in [0.25, 0.3) is 11.7 Å². The molecule has 0 radical (unpaired) electrons. The van der Waals surface area contributed by atoms with Crippen molar-refractivity contribution in [3.63, 3.8) is 0 Å². The molecular formula is C19H20ClN5OS. The Bertz CT molecular complexity index is 1000. The number of hydrogen-bond acceptors (Lipinski definition) is 5. The van der Waals surface area contributed by atoms with E-state index in [1.807, 2.05) is 54.8 Å². The number of thioether (sulfide) groups is 1. The number of halogens is 1. The molecular weight excluding hydrogens is 382 g/mol. The summed E-state index contributed by atoms with van der Waals surface area (Å²) in [5.41, 5.74) is 2.91. The maximum Gasteiger partial charge on any atom is 0.293 e. The first-order valence-corrected chi connectivity index (χ1v) is 10.3. The van der Waals surface area contributed by atoms with Crippen LogP contribution in [-0.4, -0.2) is 49.2 Å². The van der Waals surface area contributed by atoms with Gasteiger partial charge in [0.1, 0.15) is 0 Å². The van der Waals surface area contributed by atoms with Gasteiger partial charge in [-0.1, -0.05) is 29.8 Å². The molecule has 0 saturated carbocycles. The van der Waals surface area contributed by atoms with Gasteiger partial charge in [0.15, 0.2) is 0 Å². The summed E-state index contributed by atoms with van der Waals surface area (Å²) in [6, 6.07) is 9.86. The first-order chi connectivity index (χ1) is 13.0. The van der Waals surface area contributed by atoms with Crippen LogP contribution in [0.25, 0.3) is 5.78 Å². The summed E-state index contributed by atoms with van der Waals surface area (Å²) in [5, 5.41) is 5.45. The Morgan fingerprint density at radius 1 is 1.22 bits per heavy atom. The highest BCUT2D eigenvalue weighted by atomic mass is 35.5. The Labute approximate surface area is 166 Å². The third-order valence-corrected chi connectivity index (χ3v) is 6.34. The Morgan fingerprint density at radius 2 is 2.04 bits per heavy atom. The van der Waals surface area contributed by atoms with E-state index in [4.69, 9.17) is 11.6 Å². The average molecular weight is 402 g/mol. The van der Waals surface area contributed by atoms with E-state index in [0.717, 1.165) is 34.1 Å². The van der Waals surface area contributed by atoms with Crippen LogP contribution >= 0.6 is 23.4 Å². The van der Waals surface area contributed by atoms with E-state index in [-0.39, 0.29) is 17.0 Å². The maximum atomic E-state index is 13.0. The highest BCUT2D eigenvalue weighted by molar-refractivity contribution is 7.99. The van der Waals surface area contributed by atoms with Crippen molar-refractivity contribution in [1.82, 2.24) is 24.5 Å². The highest BCUT2D eigenvalue weighted by Gasteiger charge is 2.26. The Hall–Kier alpha value is -2.12. The van der Waals surface area contributed by atoms with E-state index in [0.29, 0.717) is 18.9 Å². The Balaban J connectivity index is 1.53. The predicted molar refractivity (Wildman–Crippen MR) is 107 cm³/mol. The monoisotopic (exact) mass is 401 g/mol. The largest absolute Gasteiger partial charge is 0.335 e. The molecule has 1 aromatic carbocycles. The van der Waals surface area contributed by atoms with E-state index in [2.05, 4.69) is 21.1 Å². The number of carbonyl (C=O) groups excluding carboxylic acids is 1. The zero-order chi connectivity index (χ0) is 19.0. The minimum absolute atomic E-state index is 0.141. The summed E-state index contributed by atoms with van der Waals surface area (Å²) in [6.07, 6.45) is 0.851. The number of aromatic nitrogens is 4. The van der Waals surface area contributed by atoms with Gasteiger partial charge < -0.3 is 4.90 Å². The third kappa shape index (κ3) is 3.66. The molecule has 6 nitrogen and oxygen atoms in total. The lowest BCUT2D eigenvalue weighted by atomic mass is 10.1. The summed E-state index contributed by atoms with van der Waals surface area (Å²) in [4.78, 5) is 23.5. The van der Waals surface area contributed by atoms with Gasteiger partial charge in [0.05, 0.1) is 0 Å². The minimum atomic E-state index is -0.141. The van der Waals surface area contributed by atoms with Gasteiger partial charge in [-0.05, 0) is 38.0 Å². The van der Waals surface area contributed by atoms with Crippen LogP contribution in [-0.2, 0) is 0 Å². The van der Waals surface area contributed by atoms with Gasteiger partial charge >= 0.3 is 0 Å². The normalized spacial score (nSPS) is 17.9. The van der Waals surface area contributed by atoms with E-state index in [9.17, 15) is 4.79 Å². The second-order valence-corrected chi connectivity index (χ2v) is 8.37. The van der Waals surface area contributed by atoms with Crippen LogP contribution in [0.1, 0.15) is 39.2 Å². The fourth-order valence-corrected chi connectivity index (χ4v) is 4.96. The molecule has 0 spiro atoms. The van der Waals surface area contributed by atoms with E-state index in [1.165, 1.54) is 0 Å². The number of rotatable bonds is 2. The molecule has 3 heterocycles. The van der Waals surface area contributed by atoms with Crippen molar-refractivity contribution in [3.05, 3.63) is 58.1 Å². The molecule has 1 unspecified atom stereocenters. The van der Waals surface area contributed by atoms with Gasteiger partial charge in [-0.3, -0.25) is 4.79 Å². The molecule has 1 saturated heterocycles. The lowest BCUT2D eigenvalue weighted by Crippen LogP contribution is -2.33. The van der Waals surface area contributed by atoms with Crippen LogP contribution in [0, 0.1) is 13.8 Å². The zero-order valence-electron chi connectivity index (χ0n) is 15.2. The minimum Gasteiger partial charge on any atom is -0.335 e. The van der Waals surface area contributed by atoms with Crippen LogP contribution in [0.15, 0.2) is 30.3 Å². The summed E-state index contributed by atoms with van der Waals surface area (Å²) in [6.45, 7) is 5.17. The number of nitrogens with zero attached hydrogens (tertiary/aromatic N) is 5. The molecule has 3 aromatic rings. The fraction of sp³-hybridized carbons (Fsp3) is 0.368. The standard InChI is InChI=1S/C19H20ClN5OS/c1-12-11-13(2)25-19(21-12)22-17(23-25)18(26)24-8-7-16(27-10-9-24)14-5-3-4-6-15(14)20/h3-6,11,16H,7-10H2,1-2H3. The smallest absolute Gasteiger partial charge is 0.293 e. The van der Waals surface area contributed by atoms with Crippen molar-refractivity contribution in [2.45, 2.75) is 25.5 Å². The number of aryl methyl sites for hydroxylation is 2. The lowest BCUT2D eigenvalue weighted by molar-refractivity contribution is 0.0754. The van der Waals surface area contributed by atoms with Crippen molar-refractivity contribution < 1.29 is 4.79 Å². The molecule has 27 heavy (non-hydrogen) atoms. The van der Waals surface area contributed by atoms with Crippen molar-refractivity contribution in [2.24, 2.45) is 0 Å². The van der Waals surface area contributed by atoms with Crippen molar-refractivity contribution in [2.75, 3.05) is 18.8 Å². The first-order valence-electron chi connectivity index (χ1n) is 8.89. The van der Waals surface area contributed by atoms with Crippen LogP contribution in [0.4, 0.5) is 0 Å². The Kier molecular flexibility index (Phi) is 5.06. The van der Waals surface area contributed by atoms with E-state index in [1.54, 1.807) is 4.52 Å². The van der Waals surface area contributed by atoms with Crippen molar-refractivity contribution in [1.29, 1.82) is 0 Å². The number of fused-ring (bicyclic) bond motifs is 1. The van der Waals surface area contributed by atoms with E-state index < -0.39 is 0 Å². The number of carbonyl (C=O) groups is 1. The van der Waals surface area contributed by atoms with Gasteiger partial charge in [-0.15, -0.1) is 5.10 Å². The van der Waals surface area contributed by atoms with Crippen LogP contribution in [0.3, 0.4) is 0 Å². The van der Waals surface area contributed by atoms with Crippen LogP contribution in [0.2, 0.25) is 5.02 Å².